The van der Waals surface area contributed by atoms with Crippen LogP contribution in [0.15, 0.2) is 28.1 Å². The largest absolute Gasteiger partial charge is 0.573 e. The van der Waals surface area contributed by atoms with E-state index in [1.165, 1.54) is 6.07 Å². The minimum atomic E-state index is -4.69. The number of alkyl halides is 3. The van der Waals surface area contributed by atoms with Crippen molar-refractivity contribution in [2.75, 3.05) is 0 Å². The number of benzene rings is 1. The van der Waals surface area contributed by atoms with Crippen LogP contribution < -0.4 is 10.1 Å². The maximum Gasteiger partial charge on any atom is 0.573 e. The van der Waals surface area contributed by atoms with Gasteiger partial charge in [0.1, 0.15) is 5.75 Å². The zero-order chi connectivity index (χ0) is 15.5. The Morgan fingerprint density at radius 1 is 1.33 bits per heavy atom. The van der Waals surface area contributed by atoms with E-state index in [2.05, 4.69) is 31.0 Å². The highest BCUT2D eigenvalue weighted by molar-refractivity contribution is 9.10. The number of nitrogens with zero attached hydrogens (tertiary/aromatic N) is 1. The van der Waals surface area contributed by atoms with Gasteiger partial charge in [0.25, 0.3) is 0 Å². The lowest BCUT2D eigenvalue weighted by Gasteiger charge is -2.11. The molecule has 0 amide bonds. The van der Waals surface area contributed by atoms with Crippen LogP contribution in [0.5, 0.6) is 5.75 Å². The predicted molar refractivity (Wildman–Crippen MR) is 78.2 cm³/mol. The second kappa shape index (κ2) is 6.76. The first-order chi connectivity index (χ1) is 9.83. The molecule has 1 N–H and O–H groups in total. The second-order valence-electron chi connectivity index (χ2n) is 4.27. The van der Waals surface area contributed by atoms with Gasteiger partial charge >= 0.3 is 6.36 Å². The van der Waals surface area contributed by atoms with Gasteiger partial charge in [-0.3, -0.25) is 0 Å². The number of nitrogens with one attached hydrogen (secondary N) is 1. The van der Waals surface area contributed by atoms with Gasteiger partial charge in [0.05, 0.1) is 15.2 Å². The Kier molecular flexibility index (Phi) is 5.23. The molecule has 0 radical (unpaired) electrons. The molecule has 1 aromatic carbocycles. The molecule has 0 spiro atoms. The third-order valence-corrected chi connectivity index (χ3v) is 3.97. The number of hydrogen-bond acceptors (Lipinski definition) is 4. The summed E-state index contributed by atoms with van der Waals surface area (Å²) in [6.45, 7) is 3.08. The first-order valence-electron chi connectivity index (χ1n) is 5.99. The van der Waals surface area contributed by atoms with E-state index in [1.807, 2.05) is 12.3 Å². The lowest BCUT2D eigenvalue weighted by Crippen LogP contribution is -2.17. The number of thiazole rings is 1. The molecular formula is C13H12BrF3N2OS. The Bertz CT molecular complexity index is 616. The van der Waals surface area contributed by atoms with Crippen molar-refractivity contribution in [3.8, 4) is 5.75 Å². The first kappa shape index (κ1) is 16.3. The van der Waals surface area contributed by atoms with E-state index in [0.29, 0.717) is 13.1 Å². The average Bonchev–Trinajstić information content (AvgIpc) is 2.77. The lowest BCUT2D eigenvalue weighted by atomic mass is 10.2. The van der Waals surface area contributed by atoms with Crippen LogP contribution in [0.1, 0.15) is 16.3 Å². The second-order valence-corrected chi connectivity index (χ2v) is 6.19. The van der Waals surface area contributed by atoms with Gasteiger partial charge < -0.3 is 10.1 Å². The SMILES string of the molecule is Cc1nc(CNCc2ccc(OC(F)(F)F)c(Br)c2)cs1. The third-order valence-electron chi connectivity index (χ3n) is 2.52. The summed E-state index contributed by atoms with van der Waals surface area (Å²) in [6, 6.07) is 4.48. The third kappa shape index (κ3) is 5.29. The fourth-order valence-corrected chi connectivity index (χ4v) is 2.81. The van der Waals surface area contributed by atoms with Crippen molar-refractivity contribution in [3.05, 3.63) is 44.3 Å². The summed E-state index contributed by atoms with van der Waals surface area (Å²) in [7, 11) is 0. The summed E-state index contributed by atoms with van der Waals surface area (Å²) in [5, 5.41) is 6.16. The summed E-state index contributed by atoms with van der Waals surface area (Å²) in [4.78, 5) is 4.32. The molecule has 1 heterocycles. The van der Waals surface area contributed by atoms with Gasteiger partial charge in [0.15, 0.2) is 0 Å². The van der Waals surface area contributed by atoms with E-state index in [-0.39, 0.29) is 10.2 Å². The van der Waals surface area contributed by atoms with E-state index in [0.717, 1.165) is 16.3 Å². The van der Waals surface area contributed by atoms with Gasteiger partial charge in [0, 0.05) is 18.5 Å². The van der Waals surface area contributed by atoms with Crippen molar-refractivity contribution in [2.24, 2.45) is 0 Å². The molecule has 0 saturated carbocycles. The maximum absolute atomic E-state index is 12.2. The smallest absolute Gasteiger partial charge is 0.405 e. The minimum Gasteiger partial charge on any atom is -0.405 e. The van der Waals surface area contributed by atoms with Gasteiger partial charge in [0.2, 0.25) is 0 Å². The molecule has 2 aromatic rings. The lowest BCUT2D eigenvalue weighted by molar-refractivity contribution is -0.274. The molecule has 21 heavy (non-hydrogen) atoms. The highest BCUT2D eigenvalue weighted by Crippen LogP contribution is 2.31. The molecule has 0 unspecified atom stereocenters. The fraction of sp³-hybridized carbons (Fsp3) is 0.308. The topological polar surface area (TPSA) is 34.2 Å². The number of halogens is 4. The zero-order valence-electron chi connectivity index (χ0n) is 11.0. The van der Waals surface area contributed by atoms with E-state index in [9.17, 15) is 13.2 Å². The van der Waals surface area contributed by atoms with Crippen molar-refractivity contribution in [3.63, 3.8) is 0 Å². The van der Waals surface area contributed by atoms with Gasteiger partial charge in [-0.25, -0.2) is 4.98 Å². The molecule has 0 saturated heterocycles. The highest BCUT2D eigenvalue weighted by Gasteiger charge is 2.31. The molecule has 1 aromatic heterocycles. The van der Waals surface area contributed by atoms with Gasteiger partial charge in [-0.15, -0.1) is 24.5 Å². The number of aryl methyl sites for hydroxylation is 1. The van der Waals surface area contributed by atoms with E-state index in [4.69, 9.17) is 0 Å². The molecule has 2 rings (SSSR count). The number of rotatable bonds is 5. The molecule has 114 valence electrons. The van der Waals surface area contributed by atoms with Crippen molar-refractivity contribution in [1.82, 2.24) is 10.3 Å². The molecular weight excluding hydrogens is 369 g/mol. The highest BCUT2D eigenvalue weighted by atomic mass is 79.9. The minimum absolute atomic E-state index is 0.249. The zero-order valence-corrected chi connectivity index (χ0v) is 13.4. The normalized spacial score (nSPS) is 11.7. The molecule has 8 heteroatoms. The van der Waals surface area contributed by atoms with Crippen LogP contribution in [-0.4, -0.2) is 11.3 Å². The van der Waals surface area contributed by atoms with Crippen molar-refractivity contribution >= 4 is 27.3 Å². The van der Waals surface area contributed by atoms with E-state index < -0.39 is 6.36 Å². The quantitative estimate of drug-likeness (QED) is 0.834. The number of hydrogen-bond donors (Lipinski definition) is 1. The van der Waals surface area contributed by atoms with E-state index >= 15 is 0 Å². The molecule has 0 aliphatic heterocycles. The Morgan fingerprint density at radius 3 is 2.67 bits per heavy atom. The monoisotopic (exact) mass is 380 g/mol. The Morgan fingerprint density at radius 2 is 2.10 bits per heavy atom. The Hall–Kier alpha value is -1.12. The molecule has 3 nitrogen and oxygen atoms in total. The average molecular weight is 381 g/mol. The van der Waals surface area contributed by atoms with Crippen LogP contribution in [-0.2, 0) is 13.1 Å². The van der Waals surface area contributed by atoms with Crippen LogP contribution in [0.4, 0.5) is 13.2 Å². The van der Waals surface area contributed by atoms with Gasteiger partial charge in [-0.05, 0) is 40.5 Å². The number of ether oxygens (including phenoxy) is 1. The van der Waals surface area contributed by atoms with Crippen LogP contribution in [0.25, 0.3) is 0 Å². The van der Waals surface area contributed by atoms with Crippen molar-refractivity contribution < 1.29 is 17.9 Å². The van der Waals surface area contributed by atoms with Crippen molar-refractivity contribution in [1.29, 1.82) is 0 Å². The molecule has 0 fully saturated rings. The summed E-state index contributed by atoms with van der Waals surface area (Å²) in [5.41, 5.74) is 1.80. The van der Waals surface area contributed by atoms with Gasteiger partial charge in [-0.1, -0.05) is 6.07 Å². The summed E-state index contributed by atoms with van der Waals surface area (Å²) in [5.74, 6) is -0.249. The first-order valence-corrected chi connectivity index (χ1v) is 7.66. The Balaban J connectivity index is 1.91. The molecule has 0 bridgehead atoms. The predicted octanol–water partition coefficient (Wildman–Crippen LogP) is 4.40. The molecule has 0 atom stereocenters. The van der Waals surface area contributed by atoms with Crippen LogP contribution >= 0.6 is 27.3 Å². The van der Waals surface area contributed by atoms with E-state index in [1.54, 1.807) is 23.5 Å². The standard InChI is InChI=1S/C13H12BrF3N2OS/c1-8-19-10(7-21-8)6-18-5-9-2-3-12(11(14)4-9)20-13(15,16)17/h2-4,7,18H,5-6H2,1H3. The summed E-state index contributed by atoms with van der Waals surface area (Å²) >= 11 is 4.66. The molecule has 0 aliphatic rings. The summed E-state index contributed by atoms with van der Waals surface area (Å²) < 4.78 is 40.6. The molecule has 0 aliphatic carbocycles. The maximum atomic E-state index is 12.2. The summed E-state index contributed by atoms with van der Waals surface area (Å²) in [6.07, 6.45) is -4.69. The number of aromatic nitrogens is 1. The van der Waals surface area contributed by atoms with Gasteiger partial charge in [-0.2, -0.15) is 0 Å². The fourth-order valence-electron chi connectivity index (χ4n) is 1.69. The van der Waals surface area contributed by atoms with Crippen LogP contribution in [0.3, 0.4) is 0 Å². The Labute approximate surface area is 132 Å². The van der Waals surface area contributed by atoms with Crippen LogP contribution in [0.2, 0.25) is 0 Å². The van der Waals surface area contributed by atoms with Crippen molar-refractivity contribution in [2.45, 2.75) is 26.4 Å². The van der Waals surface area contributed by atoms with Crippen LogP contribution in [0, 0.1) is 6.92 Å².